The predicted molar refractivity (Wildman–Crippen MR) is 71.7 cm³/mol. The van der Waals surface area contributed by atoms with E-state index in [2.05, 4.69) is 5.32 Å². The summed E-state index contributed by atoms with van der Waals surface area (Å²) in [7, 11) is 0. The van der Waals surface area contributed by atoms with Crippen molar-refractivity contribution in [1.29, 1.82) is 0 Å². The number of rotatable bonds is 3. The minimum absolute atomic E-state index is 0.0380. The average Bonchev–Trinajstić information content (AvgIpc) is 2.46. The molecule has 0 saturated carbocycles. The van der Waals surface area contributed by atoms with Gasteiger partial charge in [0.2, 0.25) is 0 Å². The molecular weight excluding hydrogens is 283 g/mol. The smallest absolute Gasteiger partial charge is 0.416 e. The maximum Gasteiger partial charge on any atom is 0.416 e. The van der Waals surface area contributed by atoms with Gasteiger partial charge < -0.3 is 10.4 Å². The normalized spacial score (nSPS) is 24.6. The van der Waals surface area contributed by atoms with Crippen LogP contribution in [0.2, 0.25) is 0 Å². The van der Waals surface area contributed by atoms with Gasteiger partial charge >= 0.3 is 12.1 Å². The SMILES string of the molecule is CC(C(=O)O)C1CCNC(c2ccc(C(F)(F)F)cc2)C1. The van der Waals surface area contributed by atoms with Crippen LogP contribution in [-0.4, -0.2) is 17.6 Å². The van der Waals surface area contributed by atoms with Crippen molar-refractivity contribution < 1.29 is 23.1 Å². The minimum Gasteiger partial charge on any atom is -0.481 e. The molecule has 0 aromatic heterocycles. The summed E-state index contributed by atoms with van der Waals surface area (Å²) in [5, 5.41) is 12.3. The molecule has 0 radical (unpaired) electrons. The zero-order chi connectivity index (χ0) is 15.6. The van der Waals surface area contributed by atoms with Crippen molar-refractivity contribution in [1.82, 2.24) is 5.32 Å². The number of carboxylic acid groups (broad SMARTS) is 1. The summed E-state index contributed by atoms with van der Waals surface area (Å²) >= 11 is 0. The van der Waals surface area contributed by atoms with Gasteiger partial charge in [-0.15, -0.1) is 0 Å². The molecule has 1 aliphatic heterocycles. The third-order valence-corrected chi connectivity index (χ3v) is 4.18. The largest absolute Gasteiger partial charge is 0.481 e. The van der Waals surface area contributed by atoms with Crippen molar-refractivity contribution in [2.45, 2.75) is 32.0 Å². The lowest BCUT2D eigenvalue weighted by Gasteiger charge is -2.32. The van der Waals surface area contributed by atoms with Crippen LogP contribution in [0, 0.1) is 11.8 Å². The fourth-order valence-corrected chi connectivity index (χ4v) is 2.76. The first-order valence-electron chi connectivity index (χ1n) is 6.92. The van der Waals surface area contributed by atoms with Crippen LogP contribution < -0.4 is 5.32 Å². The second-order valence-corrected chi connectivity index (χ2v) is 5.54. The van der Waals surface area contributed by atoms with Crippen molar-refractivity contribution in [3.63, 3.8) is 0 Å². The number of halogens is 3. The average molecular weight is 301 g/mol. The van der Waals surface area contributed by atoms with E-state index in [9.17, 15) is 18.0 Å². The van der Waals surface area contributed by atoms with E-state index in [-0.39, 0.29) is 12.0 Å². The molecule has 2 rings (SSSR count). The molecule has 1 saturated heterocycles. The highest BCUT2D eigenvalue weighted by atomic mass is 19.4. The van der Waals surface area contributed by atoms with Crippen molar-refractivity contribution in [3.05, 3.63) is 35.4 Å². The van der Waals surface area contributed by atoms with Gasteiger partial charge in [0.25, 0.3) is 0 Å². The third-order valence-electron chi connectivity index (χ3n) is 4.18. The number of hydrogen-bond acceptors (Lipinski definition) is 2. The van der Waals surface area contributed by atoms with Crippen LogP contribution in [0.15, 0.2) is 24.3 Å². The molecule has 3 atom stereocenters. The van der Waals surface area contributed by atoms with Crippen LogP contribution in [0.3, 0.4) is 0 Å². The van der Waals surface area contributed by atoms with Gasteiger partial charge in [0.1, 0.15) is 0 Å². The second-order valence-electron chi connectivity index (χ2n) is 5.54. The molecule has 116 valence electrons. The number of piperidine rings is 1. The number of benzene rings is 1. The van der Waals surface area contributed by atoms with Crippen LogP contribution >= 0.6 is 0 Å². The molecule has 0 spiro atoms. The second kappa shape index (κ2) is 6.05. The molecule has 3 nitrogen and oxygen atoms in total. The minimum atomic E-state index is -4.33. The number of carbonyl (C=O) groups is 1. The van der Waals surface area contributed by atoms with Gasteiger partial charge in [-0.25, -0.2) is 0 Å². The lowest BCUT2D eigenvalue weighted by atomic mass is 9.81. The van der Waals surface area contributed by atoms with Crippen molar-refractivity contribution in [2.75, 3.05) is 6.54 Å². The first-order chi connectivity index (χ1) is 9.79. The molecule has 1 heterocycles. The molecule has 0 bridgehead atoms. The molecule has 6 heteroatoms. The number of hydrogen-bond donors (Lipinski definition) is 2. The first kappa shape index (κ1) is 15.8. The van der Waals surface area contributed by atoms with Crippen LogP contribution in [0.5, 0.6) is 0 Å². The van der Waals surface area contributed by atoms with Crippen molar-refractivity contribution in [2.24, 2.45) is 11.8 Å². The van der Waals surface area contributed by atoms with E-state index in [1.54, 1.807) is 6.92 Å². The maximum absolute atomic E-state index is 12.5. The van der Waals surface area contributed by atoms with Gasteiger partial charge in [0.15, 0.2) is 0 Å². The molecule has 1 aromatic carbocycles. The van der Waals surface area contributed by atoms with Gasteiger partial charge in [-0.2, -0.15) is 13.2 Å². The fraction of sp³-hybridized carbons (Fsp3) is 0.533. The van der Waals surface area contributed by atoms with Gasteiger partial charge in [-0.1, -0.05) is 19.1 Å². The van der Waals surface area contributed by atoms with E-state index in [0.717, 1.165) is 24.1 Å². The molecule has 1 aromatic rings. The Balaban J connectivity index is 2.09. The Morgan fingerprint density at radius 2 is 1.95 bits per heavy atom. The van der Waals surface area contributed by atoms with E-state index in [4.69, 9.17) is 5.11 Å². The topological polar surface area (TPSA) is 49.3 Å². The quantitative estimate of drug-likeness (QED) is 0.899. The summed E-state index contributed by atoms with van der Waals surface area (Å²) < 4.78 is 37.6. The zero-order valence-electron chi connectivity index (χ0n) is 11.7. The molecule has 21 heavy (non-hydrogen) atoms. The summed E-state index contributed by atoms with van der Waals surface area (Å²) in [6.45, 7) is 2.36. The highest BCUT2D eigenvalue weighted by Crippen LogP contribution is 2.34. The number of nitrogens with one attached hydrogen (secondary N) is 1. The Labute approximate surface area is 121 Å². The highest BCUT2D eigenvalue weighted by molar-refractivity contribution is 5.69. The van der Waals surface area contributed by atoms with Gasteiger partial charge in [0.05, 0.1) is 11.5 Å². The Morgan fingerprint density at radius 1 is 1.33 bits per heavy atom. The van der Waals surface area contributed by atoms with Gasteiger partial charge in [-0.05, 0) is 43.0 Å². The summed E-state index contributed by atoms with van der Waals surface area (Å²) in [5.74, 6) is -1.23. The highest BCUT2D eigenvalue weighted by Gasteiger charge is 2.32. The Hall–Kier alpha value is -1.56. The third kappa shape index (κ3) is 3.75. The van der Waals surface area contributed by atoms with Crippen LogP contribution in [0.25, 0.3) is 0 Å². The Morgan fingerprint density at radius 3 is 2.48 bits per heavy atom. The summed E-state index contributed by atoms with van der Waals surface area (Å²) in [5.41, 5.74) is 0.0998. The fourth-order valence-electron chi connectivity index (χ4n) is 2.76. The van der Waals surface area contributed by atoms with E-state index < -0.39 is 23.6 Å². The molecule has 3 unspecified atom stereocenters. The van der Waals surface area contributed by atoms with E-state index in [0.29, 0.717) is 13.0 Å². The maximum atomic E-state index is 12.5. The summed E-state index contributed by atoms with van der Waals surface area (Å²) in [6.07, 6.45) is -2.94. The van der Waals surface area contributed by atoms with Crippen molar-refractivity contribution >= 4 is 5.97 Å². The van der Waals surface area contributed by atoms with Crippen LogP contribution in [0.4, 0.5) is 13.2 Å². The number of aliphatic carboxylic acids is 1. The molecule has 1 aliphatic rings. The van der Waals surface area contributed by atoms with E-state index in [1.807, 2.05) is 0 Å². The monoisotopic (exact) mass is 301 g/mol. The Kier molecular flexibility index (Phi) is 4.56. The molecular formula is C15H18F3NO2. The van der Waals surface area contributed by atoms with Gasteiger partial charge in [-0.3, -0.25) is 4.79 Å². The predicted octanol–water partition coefficient (Wildman–Crippen LogP) is 3.47. The van der Waals surface area contributed by atoms with Crippen molar-refractivity contribution in [3.8, 4) is 0 Å². The van der Waals surface area contributed by atoms with E-state index >= 15 is 0 Å². The van der Waals surface area contributed by atoms with E-state index in [1.165, 1.54) is 12.1 Å². The molecule has 0 amide bonds. The van der Waals surface area contributed by atoms with Crippen LogP contribution in [-0.2, 0) is 11.0 Å². The van der Waals surface area contributed by atoms with Crippen LogP contribution in [0.1, 0.15) is 36.9 Å². The lowest BCUT2D eigenvalue weighted by molar-refractivity contribution is -0.143. The zero-order valence-corrected chi connectivity index (χ0v) is 11.7. The summed E-state index contributed by atoms with van der Waals surface area (Å²) in [4.78, 5) is 11.1. The molecule has 0 aliphatic carbocycles. The summed E-state index contributed by atoms with van der Waals surface area (Å²) in [6, 6.07) is 4.98. The standard InChI is InChI=1S/C15H18F3NO2/c1-9(14(20)21)11-6-7-19-13(8-11)10-2-4-12(5-3-10)15(16,17)18/h2-5,9,11,13,19H,6-8H2,1H3,(H,20,21). The van der Waals surface area contributed by atoms with Gasteiger partial charge in [0, 0.05) is 6.04 Å². The molecule has 2 N–H and O–H groups in total. The first-order valence-corrected chi connectivity index (χ1v) is 6.92. The number of carboxylic acids is 1. The lowest BCUT2D eigenvalue weighted by Crippen LogP contribution is -2.36. The molecule has 1 fully saturated rings. The Bertz CT molecular complexity index is 499. The number of alkyl halides is 3.